The molecule has 0 saturated carbocycles. The van der Waals surface area contributed by atoms with E-state index in [-0.39, 0.29) is 11.4 Å². The lowest BCUT2D eigenvalue weighted by Gasteiger charge is -2.23. The number of nitrogens with one attached hydrogen (secondary N) is 1. The Morgan fingerprint density at radius 2 is 2.22 bits per heavy atom. The van der Waals surface area contributed by atoms with Crippen molar-refractivity contribution in [3.05, 3.63) is 29.6 Å². The zero-order chi connectivity index (χ0) is 13.3. The van der Waals surface area contributed by atoms with E-state index in [1.807, 2.05) is 20.2 Å². The Balaban J connectivity index is 2.30. The third-order valence-electron chi connectivity index (χ3n) is 3.50. The van der Waals surface area contributed by atoms with Crippen LogP contribution in [0.2, 0.25) is 0 Å². The maximum atomic E-state index is 13.8. The molecule has 5 heteroatoms. The highest BCUT2D eigenvalue weighted by Crippen LogP contribution is 2.27. The molecule has 1 aromatic carbocycles. The zero-order valence-electron chi connectivity index (χ0n) is 10.8. The molecule has 1 aliphatic heterocycles. The summed E-state index contributed by atoms with van der Waals surface area (Å²) >= 11 is 0. The number of nitrogens with two attached hydrogens (primary N) is 1. The summed E-state index contributed by atoms with van der Waals surface area (Å²) < 4.78 is 13.8. The van der Waals surface area contributed by atoms with Gasteiger partial charge < -0.3 is 15.5 Å². The van der Waals surface area contributed by atoms with Gasteiger partial charge in [-0.1, -0.05) is 6.07 Å². The van der Waals surface area contributed by atoms with Gasteiger partial charge in [-0.3, -0.25) is 5.41 Å². The van der Waals surface area contributed by atoms with Crippen molar-refractivity contribution in [2.75, 3.05) is 32.1 Å². The van der Waals surface area contributed by atoms with Crippen molar-refractivity contribution in [3.63, 3.8) is 0 Å². The number of rotatable bonds is 3. The van der Waals surface area contributed by atoms with Crippen LogP contribution in [0.4, 0.5) is 10.1 Å². The summed E-state index contributed by atoms with van der Waals surface area (Å²) in [7, 11) is 4.09. The van der Waals surface area contributed by atoms with Crippen LogP contribution in [0.15, 0.2) is 18.2 Å². The van der Waals surface area contributed by atoms with Crippen LogP contribution in [-0.4, -0.2) is 44.0 Å². The van der Waals surface area contributed by atoms with Crippen molar-refractivity contribution in [2.24, 2.45) is 5.73 Å². The number of amidine groups is 1. The minimum atomic E-state index is -0.423. The van der Waals surface area contributed by atoms with E-state index in [1.165, 1.54) is 6.07 Å². The number of halogens is 1. The van der Waals surface area contributed by atoms with Crippen molar-refractivity contribution in [1.82, 2.24) is 4.90 Å². The molecule has 1 heterocycles. The van der Waals surface area contributed by atoms with Gasteiger partial charge in [0.1, 0.15) is 11.7 Å². The highest BCUT2D eigenvalue weighted by molar-refractivity contribution is 6.00. The molecule has 0 radical (unpaired) electrons. The summed E-state index contributed by atoms with van der Waals surface area (Å²) in [5.41, 5.74) is 6.43. The second-order valence-electron chi connectivity index (χ2n) is 4.90. The predicted molar refractivity (Wildman–Crippen MR) is 71.7 cm³/mol. The number of nitrogens with zero attached hydrogens (tertiary/aromatic N) is 2. The molecular weight excluding hydrogens is 231 g/mol. The Bertz CT molecular complexity index is 458. The fraction of sp³-hybridized carbons (Fsp3) is 0.462. The minimum absolute atomic E-state index is 0.212. The molecule has 1 saturated heterocycles. The summed E-state index contributed by atoms with van der Waals surface area (Å²) in [6.07, 6.45) is 1.04. The van der Waals surface area contributed by atoms with Crippen molar-refractivity contribution in [2.45, 2.75) is 12.5 Å². The van der Waals surface area contributed by atoms with Crippen molar-refractivity contribution >= 4 is 11.5 Å². The van der Waals surface area contributed by atoms with Crippen molar-refractivity contribution in [3.8, 4) is 0 Å². The normalized spacial score (nSPS) is 19.6. The molecule has 0 bridgehead atoms. The SMILES string of the molecule is CN(C)C1CCN(c2cccc(F)c2C(=N)N)C1. The molecule has 1 aliphatic rings. The van der Waals surface area contributed by atoms with E-state index in [1.54, 1.807) is 6.07 Å². The molecule has 4 nitrogen and oxygen atoms in total. The molecule has 98 valence electrons. The number of hydrogen-bond acceptors (Lipinski definition) is 3. The van der Waals surface area contributed by atoms with E-state index in [9.17, 15) is 4.39 Å². The summed E-state index contributed by atoms with van der Waals surface area (Å²) in [5, 5.41) is 7.52. The summed E-state index contributed by atoms with van der Waals surface area (Å²) in [6.45, 7) is 1.71. The standard InChI is InChI=1S/C13H19FN4/c1-17(2)9-6-7-18(8-9)11-5-3-4-10(14)12(11)13(15)16/h3-5,9H,6-8H2,1-2H3,(H3,15,16). The molecular formula is C13H19FN4. The Hall–Kier alpha value is -1.62. The minimum Gasteiger partial charge on any atom is -0.384 e. The first-order chi connectivity index (χ1) is 8.50. The fourth-order valence-corrected chi connectivity index (χ4v) is 2.43. The van der Waals surface area contributed by atoms with E-state index >= 15 is 0 Å². The van der Waals surface area contributed by atoms with Gasteiger partial charge in [-0.2, -0.15) is 0 Å². The molecule has 0 spiro atoms. The fourth-order valence-electron chi connectivity index (χ4n) is 2.43. The topological polar surface area (TPSA) is 56.4 Å². The summed E-state index contributed by atoms with van der Waals surface area (Å²) in [6, 6.07) is 5.31. The molecule has 1 atom stereocenters. The summed E-state index contributed by atoms with van der Waals surface area (Å²) in [5.74, 6) is -0.635. The molecule has 0 aliphatic carbocycles. The smallest absolute Gasteiger partial charge is 0.136 e. The molecule has 1 aromatic rings. The lowest BCUT2D eigenvalue weighted by molar-refractivity contribution is 0.315. The third-order valence-corrected chi connectivity index (χ3v) is 3.50. The van der Waals surface area contributed by atoms with Crippen molar-refractivity contribution in [1.29, 1.82) is 5.41 Å². The van der Waals surface area contributed by atoms with E-state index in [0.717, 1.165) is 25.2 Å². The lowest BCUT2D eigenvalue weighted by atomic mass is 10.1. The zero-order valence-corrected chi connectivity index (χ0v) is 10.8. The van der Waals surface area contributed by atoms with Gasteiger partial charge in [0.2, 0.25) is 0 Å². The van der Waals surface area contributed by atoms with Crippen LogP contribution in [0, 0.1) is 11.2 Å². The van der Waals surface area contributed by atoms with Gasteiger partial charge in [0, 0.05) is 19.1 Å². The third kappa shape index (κ3) is 2.31. The number of anilines is 1. The number of benzene rings is 1. The highest BCUT2D eigenvalue weighted by Gasteiger charge is 2.26. The van der Waals surface area contributed by atoms with E-state index in [2.05, 4.69) is 9.80 Å². The quantitative estimate of drug-likeness (QED) is 0.627. The molecule has 0 aromatic heterocycles. The van der Waals surface area contributed by atoms with Crippen LogP contribution in [-0.2, 0) is 0 Å². The Morgan fingerprint density at radius 1 is 1.50 bits per heavy atom. The van der Waals surface area contributed by atoms with Crippen LogP contribution >= 0.6 is 0 Å². The number of likely N-dealkylation sites (N-methyl/N-ethyl adjacent to an activating group) is 1. The molecule has 2 rings (SSSR count). The summed E-state index contributed by atoms with van der Waals surface area (Å²) in [4.78, 5) is 4.28. The Morgan fingerprint density at radius 3 is 2.78 bits per heavy atom. The second-order valence-corrected chi connectivity index (χ2v) is 4.90. The van der Waals surface area contributed by atoms with Crippen LogP contribution < -0.4 is 10.6 Å². The first kappa shape index (κ1) is 12.8. The first-order valence-corrected chi connectivity index (χ1v) is 6.05. The van der Waals surface area contributed by atoms with Crippen LogP contribution in [0.5, 0.6) is 0 Å². The predicted octanol–water partition coefficient (Wildman–Crippen LogP) is 1.25. The van der Waals surface area contributed by atoms with Gasteiger partial charge in [0.15, 0.2) is 0 Å². The average molecular weight is 250 g/mol. The second kappa shape index (κ2) is 4.94. The first-order valence-electron chi connectivity index (χ1n) is 6.05. The number of hydrogen-bond donors (Lipinski definition) is 2. The van der Waals surface area contributed by atoms with Crippen LogP contribution in [0.3, 0.4) is 0 Å². The maximum Gasteiger partial charge on any atom is 0.136 e. The van der Waals surface area contributed by atoms with Gasteiger partial charge in [-0.05, 0) is 32.6 Å². The molecule has 1 fully saturated rings. The van der Waals surface area contributed by atoms with Gasteiger partial charge >= 0.3 is 0 Å². The van der Waals surface area contributed by atoms with E-state index in [0.29, 0.717) is 6.04 Å². The van der Waals surface area contributed by atoms with Crippen LogP contribution in [0.25, 0.3) is 0 Å². The number of nitrogen functional groups attached to an aromatic ring is 1. The Kier molecular flexibility index (Phi) is 3.52. The van der Waals surface area contributed by atoms with Gasteiger partial charge in [-0.25, -0.2) is 4.39 Å². The van der Waals surface area contributed by atoms with Gasteiger partial charge in [0.05, 0.1) is 11.3 Å². The monoisotopic (exact) mass is 250 g/mol. The van der Waals surface area contributed by atoms with Crippen molar-refractivity contribution < 1.29 is 4.39 Å². The van der Waals surface area contributed by atoms with Gasteiger partial charge in [-0.15, -0.1) is 0 Å². The highest BCUT2D eigenvalue weighted by atomic mass is 19.1. The Labute approximate surface area is 107 Å². The maximum absolute atomic E-state index is 13.8. The lowest BCUT2D eigenvalue weighted by Crippen LogP contribution is -2.32. The van der Waals surface area contributed by atoms with Gasteiger partial charge in [0.25, 0.3) is 0 Å². The van der Waals surface area contributed by atoms with E-state index in [4.69, 9.17) is 11.1 Å². The van der Waals surface area contributed by atoms with Crippen LogP contribution in [0.1, 0.15) is 12.0 Å². The molecule has 3 N–H and O–H groups in total. The average Bonchev–Trinajstić information content (AvgIpc) is 2.77. The molecule has 18 heavy (non-hydrogen) atoms. The largest absolute Gasteiger partial charge is 0.384 e. The van der Waals surface area contributed by atoms with E-state index < -0.39 is 5.82 Å². The molecule has 1 unspecified atom stereocenters. The molecule has 0 amide bonds.